The third kappa shape index (κ3) is 52.9. The molecule has 0 aromatic heterocycles. The summed E-state index contributed by atoms with van der Waals surface area (Å²) in [5.41, 5.74) is 0. The van der Waals surface area contributed by atoms with Crippen LogP contribution in [-0.2, 0) is 23.7 Å². The summed E-state index contributed by atoms with van der Waals surface area (Å²) in [6.07, 6.45) is 92.9. The van der Waals surface area contributed by atoms with Gasteiger partial charge in [0.2, 0.25) is 5.91 Å². The molecule has 586 valence electrons. The van der Waals surface area contributed by atoms with Crippen molar-refractivity contribution >= 4 is 5.91 Å². The number of nitrogens with one attached hydrogen (secondary N) is 1. The summed E-state index contributed by atoms with van der Waals surface area (Å²) in [5.74, 6) is -0.296. The van der Waals surface area contributed by atoms with Gasteiger partial charge in [0.15, 0.2) is 12.6 Å². The Hall–Kier alpha value is -4.65. The molecule has 2 aliphatic heterocycles. The van der Waals surface area contributed by atoms with E-state index >= 15 is 0 Å². The van der Waals surface area contributed by atoms with Crippen LogP contribution >= 0.6 is 0 Å². The van der Waals surface area contributed by atoms with E-state index in [4.69, 9.17) is 18.9 Å². The van der Waals surface area contributed by atoms with Crippen molar-refractivity contribution in [3.05, 3.63) is 170 Å². The van der Waals surface area contributed by atoms with Crippen LogP contribution in [0.25, 0.3) is 0 Å². The molecule has 0 saturated carbocycles. The molecule has 0 aromatic rings. The Bertz CT molecular complexity index is 2400. The Morgan fingerprint density at radius 3 is 1.07 bits per heavy atom. The van der Waals surface area contributed by atoms with Crippen molar-refractivity contribution in [2.24, 2.45) is 0 Å². The maximum absolute atomic E-state index is 13.4. The van der Waals surface area contributed by atoms with Crippen LogP contribution in [0.1, 0.15) is 290 Å². The summed E-state index contributed by atoms with van der Waals surface area (Å²) in [6.45, 7) is 2.66. The van der Waals surface area contributed by atoms with Gasteiger partial charge in [0.05, 0.1) is 32.0 Å². The van der Waals surface area contributed by atoms with Crippen molar-refractivity contribution in [3.63, 3.8) is 0 Å². The SMILES string of the molecule is CC/C=C\C/C=C\C/C=C\C/C=C\C/C=C\C/C=C\C/C=C\C/C=C\C/C=C\C/C=C\C/C=C\C/C=C\CCCCC(=O)NC(COC1OC(CO)C(OC2OC(CO)C(O)C(O)C2O)C(O)C1O)C(O)/C=C/CC/C=C/CCCCCCCCCCCCCCCCCCCCCCCCCC. The molecule has 1 amide bonds. The highest BCUT2D eigenvalue weighted by Crippen LogP contribution is 2.30. The maximum atomic E-state index is 13.4. The van der Waals surface area contributed by atoms with Gasteiger partial charge in [-0.25, -0.2) is 0 Å². The Morgan fingerprint density at radius 1 is 0.359 bits per heavy atom. The van der Waals surface area contributed by atoms with E-state index in [-0.39, 0.29) is 18.9 Å². The third-order valence-electron chi connectivity index (χ3n) is 18.6. The first-order valence-electron chi connectivity index (χ1n) is 40.9. The predicted octanol–water partition coefficient (Wildman–Crippen LogP) is 19.1. The van der Waals surface area contributed by atoms with E-state index in [9.17, 15) is 45.6 Å². The van der Waals surface area contributed by atoms with E-state index in [1.807, 2.05) is 6.08 Å². The Kier molecular flexibility index (Phi) is 64.5. The summed E-state index contributed by atoms with van der Waals surface area (Å²) in [6, 6.07) is -0.971. The monoisotopic (exact) mass is 1440 g/mol. The van der Waals surface area contributed by atoms with Crippen LogP contribution in [0.5, 0.6) is 0 Å². The number of hydrogen-bond acceptors (Lipinski definition) is 13. The highest BCUT2D eigenvalue weighted by molar-refractivity contribution is 5.76. The molecule has 14 nitrogen and oxygen atoms in total. The molecule has 2 saturated heterocycles. The number of amides is 1. The van der Waals surface area contributed by atoms with Crippen molar-refractivity contribution in [1.29, 1.82) is 0 Å². The molecule has 0 aliphatic carbocycles. The lowest BCUT2D eigenvalue weighted by molar-refractivity contribution is -0.359. The van der Waals surface area contributed by atoms with Crippen LogP contribution < -0.4 is 5.32 Å². The van der Waals surface area contributed by atoms with E-state index in [1.54, 1.807) is 6.08 Å². The largest absolute Gasteiger partial charge is 0.394 e. The van der Waals surface area contributed by atoms with Crippen LogP contribution in [0.3, 0.4) is 0 Å². The molecule has 0 bridgehead atoms. The molecule has 2 rings (SSSR count). The summed E-state index contributed by atoms with van der Waals surface area (Å²) < 4.78 is 22.9. The third-order valence-corrected chi connectivity index (χ3v) is 18.6. The van der Waals surface area contributed by atoms with Crippen molar-refractivity contribution in [2.45, 2.75) is 364 Å². The first-order valence-corrected chi connectivity index (χ1v) is 40.9. The second-order valence-electron chi connectivity index (χ2n) is 27.8. The standard InChI is InChI=1S/C89H147NO13/c1-3-5-7-9-11-13-15-17-19-21-23-25-27-29-31-33-35-36-37-38-39-40-41-42-43-45-47-49-51-53-55-57-59-61-63-65-67-69-71-73-81(94)90-77(76-100-88-86(99)84(97)87(80(75-92)102-88)103-89-85(98)83(96)82(95)79(74-91)101-89)78(93)72-70-68-66-64-62-60-58-56-54-52-50-48-46-44-34-32-30-28-26-24-22-20-18-16-14-12-10-8-6-4-2/h5,7,11,13,17,19,23,25,29,31,35-36,38-39,41-42,45,47,51,53,57,59,62-65,70,72,77-80,82-89,91-93,95-99H,3-4,6,8-10,12,14-16,18,20-22,24,26-28,30,32-34,37,40,43-44,46,48-50,52,54-56,58,60-61,66-69,71,73-76H2,1-2H3,(H,90,94)/b7-5-,13-11-,19-17-,25-23-,31-29-,36-35-,39-38-,42-41-,47-45-,53-51-,59-57-,64-62+,65-63-,72-70+. The first kappa shape index (κ1) is 94.4. The summed E-state index contributed by atoms with van der Waals surface area (Å²) in [4.78, 5) is 13.4. The van der Waals surface area contributed by atoms with Gasteiger partial charge in [0.25, 0.3) is 0 Å². The number of aliphatic hydroxyl groups excluding tert-OH is 8. The predicted molar refractivity (Wildman–Crippen MR) is 428 cm³/mol. The van der Waals surface area contributed by atoms with Gasteiger partial charge in [0, 0.05) is 6.42 Å². The van der Waals surface area contributed by atoms with Gasteiger partial charge in [-0.3, -0.25) is 4.79 Å². The normalized spacial score (nSPS) is 22.5. The number of allylic oxidation sites excluding steroid dienone is 27. The van der Waals surface area contributed by atoms with Crippen LogP contribution in [0.4, 0.5) is 0 Å². The zero-order valence-corrected chi connectivity index (χ0v) is 64.2. The molecule has 0 spiro atoms. The lowest BCUT2D eigenvalue weighted by Gasteiger charge is -2.46. The van der Waals surface area contributed by atoms with E-state index in [0.29, 0.717) is 12.8 Å². The molecular weight excluding hydrogens is 1290 g/mol. The second kappa shape index (κ2) is 70.3. The van der Waals surface area contributed by atoms with Gasteiger partial charge in [-0.2, -0.15) is 0 Å². The minimum absolute atomic E-state index is 0.207. The number of aliphatic hydroxyl groups is 8. The summed E-state index contributed by atoms with van der Waals surface area (Å²) in [7, 11) is 0. The number of hydrogen-bond donors (Lipinski definition) is 9. The molecule has 9 N–H and O–H groups in total. The van der Waals surface area contributed by atoms with Gasteiger partial charge in [-0.15, -0.1) is 0 Å². The smallest absolute Gasteiger partial charge is 0.220 e. The fourth-order valence-electron chi connectivity index (χ4n) is 12.2. The minimum atomic E-state index is -1.81. The average molecular weight is 1440 g/mol. The number of unbranched alkanes of at least 4 members (excludes halogenated alkanes) is 27. The highest BCUT2D eigenvalue weighted by atomic mass is 16.7. The van der Waals surface area contributed by atoms with Crippen LogP contribution in [-0.4, -0.2) is 140 Å². The van der Waals surface area contributed by atoms with Crippen LogP contribution in [0.15, 0.2) is 170 Å². The Labute approximate surface area is 626 Å². The lowest BCUT2D eigenvalue weighted by Crippen LogP contribution is -2.65. The summed E-state index contributed by atoms with van der Waals surface area (Å²) in [5, 5.41) is 87.6. The highest BCUT2D eigenvalue weighted by Gasteiger charge is 2.51. The van der Waals surface area contributed by atoms with Crippen molar-refractivity contribution in [3.8, 4) is 0 Å². The quantitative estimate of drug-likeness (QED) is 0.0204. The van der Waals surface area contributed by atoms with Crippen molar-refractivity contribution in [1.82, 2.24) is 5.32 Å². The molecule has 2 fully saturated rings. The van der Waals surface area contributed by atoms with Gasteiger partial charge in [0.1, 0.15) is 48.8 Å². The van der Waals surface area contributed by atoms with E-state index < -0.39 is 86.8 Å². The zero-order chi connectivity index (χ0) is 74.4. The number of carbonyl (C=O) groups is 1. The average Bonchev–Trinajstić information content (AvgIpc) is 0.791. The van der Waals surface area contributed by atoms with Crippen LogP contribution in [0, 0.1) is 0 Å². The molecule has 12 unspecified atom stereocenters. The molecule has 2 aliphatic rings. The maximum Gasteiger partial charge on any atom is 0.220 e. The zero-order valence-electron chi connectivity index (χ0n) is 64.2. The molecule has 0 radical (unpaired) electrons. The van der Waals surface area contributed by atoms with Gasteiger partial charge in [-0.1, -0.05) is 332 Å². The Morgan fingerprint density at radius 2 is 0.680 bits per heavy atom. The van der Waals surface area contributed by atoms with Gasteiger partial charge in [-0.05, 0) is 122 Å². The van der Waals surface area contributed by atoms with Crippen molar-refractivity contribution in [2.75, 3.05) is 19.8 Å². The minimum Gasteiger partial charge on any atom is -0.394 e. The Balaban J connectivity index is 1.67. The molecule has 2 heterocycles. The molecule has 0 aromatic carbocycles. The second-order valence-corrected chi connectivity index (χ2v) is 27.8. The number of rotatable bonds is 66. The van der Waals surface area contributed by atoms with Gasteiger partial charge < -0.3 is 65.1 Å². The molecule has 14 heteroatoms. The summed E-state index contributed by atoms with van der Waals surface area (Å²) >= 11 is 0. The fourth-order valence-corrected chi connectivity index (χ4v) is 12.2. The van der Waals surface area contributed by atoms with E-state index in [1.165, 1.54) is 154 Å². The van der Waals surface area contributed by atoms with Gasteiger partial charge >= 0.3 is 0 Å². The molecule has 103 heavy (non-hydrogen) atoms. The van der Waals surface area contributed by atoms with Crippen LogP contribution in [0.2, 0.25) is 0 Å². The van der Waals surface area contributed by atoms with E-state index in [0.717, 1.165) is 103 Å². The van der Waals surface area contributed by atoms with E-state index in [2.05, 4.69) is 177 Å². The number of carbonyl (C=O) groups excluding carboxylic acids is 1. The number of ether oxygens (including phenoxy) is 4. The first-order chi connectivity index (χ1) is 50.6. The topological polar surface area (TPSA) is 228 Å². The molecule has 12 atom stereocenters. The molecular formula is C89H147NO13. The lowest BCUT2D eigenvalue weighted by atomic mass is 9.97. The fraction of sp³-hybridized carbons (Fsp3) is 0.674. The van der Waals surface area contributed by atoms with Crippen molar-refractivity contribution < 1.29 is 64.6 Å².